The van der Waals surface area contributed by atoms with Gasteiger partial charge in [-0.3, -0.25) is 4.79 Å². The number of aryl methyl sites for hydroxylation is 1. The Hall–Kier alpha value is -2.72. The molecular formula is C26H31F3N4O3. The Morgan fingerprint density at radius 2 is 1.92 bits per heavy atom. The number of carbonyl (C=O) groups excluding carboxylic acids is 1. The van der Waals surface area contributed by atoms with E-state index in [4.69, 9.17) is 9.47 Å². The molecule has 0 unspecified atom stereocenters. The van der Waals surface area contributed by atoms with Crippen LogP contribution in [0.1, 0.15) is 79.6 Å². The molecule has 1 aromatic carbocycles. The third-order valence-electron chi connectivity index (χ3n) is 7.54. The molecule has 5 rings (SSSR count). The number of amides is 1. The van der Waals surface area contributed by atoms with Crippen LogP contribution in [0.4, 0.5) is 19.0 Å². The molecular weight excluding hydrogens is 473 g/mol. The lowest BCUT2D eigenvalue weighted by molar-refractivity contribution is -0.137. The van der Waals surface area contributed by atoms with E-state index in [1.54, 1.807) is 19.9 Å². The van der Waals surface area contributed by atoms with Gasteiger partial charge in [0.15, 0.2) is 6.29 Å². The van der Waals surface area contributed by atoms with Crippen molar-refractivity contribution in [3.05, 3.63) is 52.5 Å². The maximum atomic E-state index is 13.2. The third-order valence-corrected chi connectivity index (χ3v) is 7.54. The van der Waals surface area contributed by atoms with E-state index in [1.807, 2.05) is 0 Å². The number of rotatable bonds is 7. The van der Waals surface area contributed by atoms with E-state index in [0.29, 0.717) is 47.6 Å². The number of carbonyl (C=O) groups is 1. The molecule has 1 amide bonds. The zero-order valence-corrected chi connectivity index (χ0v) is 20.5. The second-order valence-electron chi connectivity index (χ2n) is 10.2. The summed E-state index contributed by atoms with van der Waals surface area (Å²) in [6.07, 6.45) is 0.212. The number of alkyl halides is 3. The smallest absolute Gasteiger partial charge is 0.363 e. The lowest BCUT2D eigenvalue weighted by atomic mass is 9.93. The molecule has 2 N–H and O–H groups in total. The average Bonchev–Trinajstić information content (AvgIpc) is 3.56. The Morgan fingerprint density at radius 1 is 1.19 bits per heavy atom. The fourth-order valence-electron chi connectivity index (χ4n) is 5.79. The largest absolute Gasteiger partial charge is 0.416 e. The van der Waals surface area contributed by atoms with E-state index in [-0.39, 0.29) is 17.9 Å². The molecule has 0 radical (unpaired) electrons. The summed E-state index contributed by atoms with van der Waals surface area (Å²) in [5.74, 6) is 1.43. The standard InChI is InChI=1S/C26H31F3N4O3/c1-15(18-4-3-5-19(12-18)26(27,28)29)30-23-22(24-35-10-11-36-24)20(31-16(2)32-23)13-21(34)33-25-8-6-17(14-25)7-9-25/h3-5,12,15,17,24H,6-11,13-14H2,1-2H3,(H,33,34)(H,30,31,32)/t15-,17?,25?/m1/s1. The summed E-state index contributed by atoms with van der Waals surface area (Å²) in [6, 6.07) is 4.68. The maximum absolute atomic E-state index is 13.2. The molecule has 2 heterocycles. The van der Waals surface area contributed by atoms with Crippen LogP contribution in [0.3, 0.4) is 0 Å². The van der Waals surface area contributed by atoms with Gasteiger partial charge < -0.3 is 20.1 Å². The van der Waals surface area contributed by atoms with Gasteiger partial charge in [0, 0.05) is 11.6 Å². The van der Waals surface area contributed by atoms with Crippen molar-refractivity contribution in [2.75, 3.05) is 18.5 Å². The highest BCUT2D eigenvalue weighted by atomic mass is 19.4. The topological polar surface area (TPSA) is 85.4 Å². The Bertz CT molecular complexity index is 1130. The first-order chi connectivity index (χ1) is 17.1. The highest BCUT2D eigenvalue weighted by molar-refractivity contribution is 5.80. The molecule has 3 aliphatic rings. The molecule has 2 aromatic rings. The lowest BCUT2D eigenvalue weighted by Gasteiger charge is -2.28. The quantitative estimate of drug-likeness (QED) is 0.551. The first-order valence-electron chi connectivity index (χ1n) is 12.5. The van der Waals surface area contributed by atoms with Crippen LogP contribution in [-0.2, 0) is 26.9 Å². The van der Waals surface area contributed by atoms with Crippen LogP contribution in [0.25, 0.3) is 0 Å². The third kappa shape index (κ3) is 5.20. The fourth-order valence-corrected chi connectivity index (χ4v) is 5.79. The van der Waals surface area contributed by atoms with E-state index in [9.17, 15) is 18.0 Å². The van der Waals surface area contributed by atoms with Crippen molar-refractivity contribution < 1.29 is 27.4 Å². The zero-order valence-electron chi connectivity index (χ0n) is 20.5. The minimum Gasteiger partial charge on any atom is -0.363 e. The van der Waals surface area contributed by atoms with Gasteiger partial charge >= 0.3 is 6.18 Å². The van der Waals surface area contributed by atoms with Gasteiger partial charge in [0.1, 0.15) is 11.6 Å². The van der Waals surface area contributed by atoms with Crippen LogP contribution >= 0.6 is 0 Å². The summed E-state index contributed by atoms with van der Waals surface area (Å²) in [5, 5.41) is 6.49. The molecule has 10 heteroatoms. The van der Waals surface area contributed by atoms with Crippen molar-refractivity contribution in [2.45, 2.75) is 76.4 Å². The number of anilines is 1. The first-order valence-corrected chi connectivity index (χ1v) is 12.5. The number of hydrogen-bond donors (Lipinski definition) is 2. The van der Waals surface area contributed by atoms with E-state index >= 15 is 0 Å². The Kier molecular flexibility index (Phi) is 6.67. The second-order valence-corrected chi connectivity index (χ2v) is 10.2. The summed E-state index contributed by atoms with van der Waals surface area (Å²) in [6.45, 7) is 4.25. The van der Waals surface area contributed by atoms with Gasteiger partial charge in [-0.05, 0) is 69.6 Å². The van der Waals surface area contributed by atoms with Crippen LogP contribution in [0.15, 0.2) is 24.3 Å². The fraction of sp³-hybridized carbons (Fsp3) is 0.577. The number of hydrogen-bond acceptors (Lipinski definition) is 6. The van der Waals surface area contributed by atoms with Crippen molar-refractivity contribution in [3.63, 3.8) is 0 Å². The van der Waals surface area contributed by atoms with Crippen molar-refractivity contribution >= 4 is 11.7 Å². The molecule has 36 heavy (non-hydrogen) atoms. The van der Waals surface area contributed by atoms with Crippen LogP contribution in [-0.4, -0.2) is 34.6 Å². The highest BCUT2D eigenvalue weighted by Gasteiger charge is 2.45. The number of ether oxygens (including phenoxy) is 2. The second kappa shape index (κ2) is 9.63. The average molecular weight is 505 g/mol. The van der Waals surface area contributed by atoms with Gasteiger partial charge in [-0.2, -0.15) is 13.2 Å². The van der Waals surface area contributed by atoms with Crippen LogP contribution < -0.4 is 10.6 Å². The number of halogens is 3. The molecule has 194 valence electrons. The lowest BCUT2D eigenvalue weighted by Crippen LogP contribution is -2.45. The summed E-state index contributed by atoms with van der Waals surface area (Å²) in [4.78, 5) is 22.2. The van der Waals surface area contributed by atoms with Crippen molar-refractivity contribution in [3.8, 4) is 0 Å². The number of nitrogens with zero attached hydrogens (tertiary/aromatic N) is 2. The SMILES string of the molecule is Cc1nc(CC(=O)NC23CCC(CC2)C3)c(C2OCCO2)c(N[C@H](C)c2cccc(C(F)(F)F)c2)n1. The van der Waals surface area contributed by atoms with Crippen LogP contribution in [0.5, 0.6) is 0 Å². The first kappa shape index (κ1) is 25.0. The molecule has 2 saturated carbocycles. The van der Waals surface area contributed by atoms with Gasteiger partial charge in [-0.15, -0.1) is 0 Å². The molecule has 7 nitrogen and oxygen atoms in total. The predicted molar refractivity (Wildman–Crippen MR) is 126 cm³/mol. The number of nitrogens with one attached hydrogen (secondary N) is 2. The van der Waals surface area contributed by atoms with E-state index in [2.05, 4.69) is 20.6 Å². The Balaban J connectivity index is 1.41. The van der Waals surface area contributed by atoms with Gasteiger partial charge in [-0.1, -0.05) is 12.1 Å². The zero-order chi connectivity index (χ0) is 25.5. The summed E-state index contributed by atoms with van der Waals surface area (Å²) < 4.78 is 51.2. The molecule has 0 spiro atoms. The van der Waals surface area contributed by atoms with Crippen LogP contribution in [0, 0.1) is 12.8 Å². The molecule has 3 fully saturated rings. The highest BCUT2D eigenvalue weighted by Crippen LogP contribution is 2.47. The molecule has 2 bridgehead atoms. The molecule has 1 saturated heterocycles. The summed E-state index contributed by atoms with van der Waals surface area (Å²) in [7, 11) is 0. The van der Waals surface area contributed by atoms with Crippen molar-refractivity contribution in [1.82, 2.24) is 15.3 Å². The monoisotopic (exact) mass is 504 g/mol. The van der Waals surface area contributed by atoms with Crippen molar-refractivity contribution in [1.29, 1.82) is 0 Å². The maximum Gasteiger partial charge on any atom is 0.416 e. The minimum atomic E-state index is -4.43. The minimum absolute atomic E-state index is 0.0426. The van der Waals surface area contributed by atoms with E-state index in [0.717, 1.165) is 44.2 Å². The van der Waals surface area contributed by atoms with Gasteiger partial charge in [0.05, 0.1) is 36.5 Å². The molecule has 2 aliphatic carbocycles. The Labute approximate surface area is 208 Å². The van der Waals surface area contributed by atoms with Gasteiger partial charge in [0.25, 0.3) is 0 Å². The molecule has 1 aliphatic heterocycles. The molecule has 1 atom stereocenters. The normalized spacial score (nSPS) is 24.8. The van der Waals surface area contributed by atoms with E-state index in [1.165, 1.54) is 6.07 Å². The number of fused-ring (bicyclic) bond motifs is 2. The van der Waals surface area contributed by atoms with Crippen LogP contribution in [0.2, 0.25) is 0 Å². The predicted octanol–water partition coefficient (Wildman–Crippen LogP) is 5.01. The van der Waals surface area contributed by atoms with Crippen molar-refractivity contribution in [2.24, 2.45) is 5.92 Å². The summed E-state index contributed by atoms with van der Waals surface area (Å²) >= 11 is 0. The van der Waals surface area contributed by atoms with Gasteiger partial charge in [-0.25, -0.2) is 9.97 Å². The summed E-state index contributed by atoms with van der Waals surface area (Å²) in [5.41, 5.74) is 0.641. The molecule has 1 aromatic heterocycles. The number of aromatic nitrogens is 2. The Morgan fingerprint density at radius 3 is 2.56 bits per heavy atom. The number of benzene rings is 1. The van der Waals surface area contributed by atoms with E-state index < -0.39 is 24.1 Å². The van der Waals surface area contributed by atoms with Gasteiger partial charge in [0.2, 0.25) is 5.91 Å².